The minimum absolute atomic E-state index is 0.261. The zero-order valence-corrected chi connectivity index (χ0v) is 11.6. The van der Waals surface area contributed by atoms with Crippen LogP contribution in [0.4, 0.5) is 0 Å². The molecule has 3 nitrogen and oxygen atoms in total. The fraction of sp³-hybridized carbons (Fsp3) is 0.400. The van der Waals surface area contributed by atoms with Crippen LogP contribution in [0.15, 0.2) is 21.1 Å². The summed E-state index contributed by atoms with van der Waals surface area (Å²) in [5.74, 6) is 1.40. The number of rotatable bonds is 4. The van der Waals surface area contributed by atoms with Gasteiger partial charge in [0.05, 0.1) is 22.2 Å². The molecule has 5 heteroatoms. The van der Waals surface area contributed by atoms with Crippen molar-refractivity contribution < 1.29 is 14.6 Å². The highest BCUT2D eigenvalue weighted by Gasteiger charge is 2.08. The molecule has 0 fully saturated rings. The van der Waals surface area contributed by atoms with E-state index in [-0.39, 0.29) is 6.61 Å². The zero-order valence-electron chi connectivity index (χ0n) is 8.46. The first-order valence-corrected chi connectivity index (χ1v) is 5.97. The van der Waals surface area contributed by atoms with Gasteiger partial charge in [0.2, 0.25) is 0 Å². The van der Waals surface area contributed by atoms with Crippen molar-refractivity contribution in [1.82, 2.24) is 0 Å². The molecular formula is C10H12Br2O3. The molecule has 0 amide bonds. The van der Waals surface area contributed by atoms with Gasteiger partial charge in [-0.05, 0) is 50.9 Å². The van der Waals surface area contributed by atoms with Crippen LogP contribution in [0.5, 0.6) is 11.5 Å². The molecule has 0 heterocycles. The number of benzene rings is 1. The molecule has 0 spiro atoms. The molecule has 0 aliphatic heterocycles. The Morgan fingerprint density at radius 2 is 1.80 bits per heavy atom. The minimum atomic E-state index is -0.488. The maximum atomic E-state index is 9.10. The standard InChI is InChI=1S/C10H12Br2O3/c1-6(13)5-15-10-4-7(11)9(14-2)3-8(10)12/h3-4,6,13H,5H2,1-2H3/t6-/m0/s1. The molecule has 1 aromatic carbocycles. The average molecular weight is 340 g/mol. The van der Waals surface area contributed by atoms with E-state index in [9.17, 15) is 0 Å². The van der Waals surface area contributed by atoms with Crippen molar-refractivity contribution >= 4 is 31.9 Å². The summed E-state index contributed by atoms with van der Waals surface area (Å²) in [6.45, 7) is 1.93. The van der Waals surface area contributed by atoms with Crippen LogP contribution in [0.1, 0.15) is 6.92 Å². The molecule has 84 valence electrons. The summed E-state index contributed by atoms with van der Waals surface area (Å²) in [4.78, 5) is 0. The van der Waals surface area contributed by atoms with Crippen molar-refractivity contribution in [2.75, 3.05) is 13.7 Å². The first-order chi connectivity index (χ1) is 7.04. The summed E-state index contributed by atoms with van der Waals surface area (Å²) in [5.41, 5.74) is 0. The average Bonchev–Trinajstić information content (AvgIpc) is 2.18. The molecule has 0 aliphatic rings. The third-order valence-electron chi connectivity index (χ3n) is 1.69. The van der Waals surface area contributed by atoms with Crippen molar-refractivity contribution in [3.05, 3.63) is 21.1 Å². The maximum absolute atomic E-state index is 9.10. The SMILES string of the molecule is COc1cc(Br)c(OC[C@H](C)O)cc1Br. The predicted molar refractivity (Wildman–Crippen MR) is 65.6 cm³/mol. The highest BCUT2D eigenvalue weighted by Crippen LogP contribution is 2.35. The molecule has 0 aromatic heterocycles. The lowest BCUT2D eigenvalue weighted by molar-refractivity contribution is 0.122. The van der Waals surface area contributed by atoms with Gasteiger partial charge in [-0.15, -0.1) is 0 Å². The topological polar surface area (TPSA) is 38.7 Å². The minimum Gasteiger partial charge on any atom is -0.496 e. The van der Waals surface area contributed by atoms with Gasteiger partial charge in [-0.25, -0.2) is 0 Å². The molecule has 0 aliphatic carbocycles. The second-order valence-corrected chi connectivity index (χ2v) is 4.79. The first kappa shape index (κ1) is 12.8. The molecule has 0 bridgehead atoms. The van der Waals surface area contributed by atoms with Crippen molar-refractivity contribution in [2.45, 2.75) is 13.0 Å². The van der Waals surface area contributed by atoms with Crippen LogP contribution < -0.4 is 9.47 Å². The molecule has 1 atom stereocenters. The van der Waals surface area contributed by atoms with Gasteiger partial charge in [-0.1, -0.05) is 0 Å². The van der Waals surface area contributed by atoms with Gasteiger partial charge in [0.25, 0.3) is 0 Å². The van der Waals surface area contributed by atoms with E-state index in [1.807, 2.05) is 6.07 Å². The van der Waals surface area contributed by atoms with Crippen LogP contribution in [0, 0.1) is 0 Å². The first-order valence-electron chi connectivity index (χ1n) is 4.38. The molecule has 0 radical (unpaired) electrons. The van der Waals surface area contributed by atoms with E-state index < -0.39 is 6.10 Å². The second kappa shape index (κ2) is 5.72. The largest absolute Gasteiger partial charge is 0.496 e. The lowest BCUT2D eigenvalue weighted by Crippen LogP contribution is -2.13. The van der Waals surface area contributed by atoms with Crippen molar-refractivity contribution in [1.29, 1.82) is 0 Å². The second-order valence-electron chi connectivity index (χ2n) is 3.08. The van der Waals surface area contributed by atoms with Crippen LogP contribution in [-0.4, -0.2) is 24.9 Å². The fourth-order valence-electron chi connectivity index (χ4n) is 0.988. The molecule has 1 rings (SSSR count). The molecule has 0 unspecified atom stereocenters. The van der Waals surface area contributed by atoms with Crippen molar-refractivity contribution in [2.24, 2.45) is 0 Å². The van der Waals surface area contributed by atoms with E-state index in [0.717, 1.165) is 14.7 Å². The molecule has 0 saturated carbocycles. The van der Waals surface area contributed by atoms with Gasteiger partial charge >= 0.3 is 0 Å². The number of hydrogen-bond acceptors (Lipinski definition) is 3. The summed E-state index contributed by atoms with van der Waals surface area (Å²) < 4.78 is 12.1. The Morgan fingerprint density at radius 1 is 1.27 bits per heavy atom. The van der Waals surface area contributed by atoms with Crippen LogP contribution >= 0.6 is 31.9 Å². The Balaban J connectivity index is 2.85. The van der Waals surface area contributed by atoms with Crippen LogP contribution in [0.25, 0.3) is 0 Å². The third-order valence-corrected chi connectivity index (χ3v) is 2.93. The third kappa shape index (κ3) is 3.66. The Bertz CT molecular complexity index is 340. The van der Waals surface area contributed by atoms with Gasteiger partial charge in [-0.3, -0.25) is 0 Å². The molecular weight excluding hydrogens is 328 g/mol. The maximum Gasteiger partial charge on any atom is 0.135 e. The number of methoxy groups -OCH3 is 1. The van der Waals surface area contributed by atoms with E-state index in [1.165, 1.54) is 0 Å². The number of halogens is 2. The monoisotopic (exact) mass is 338 g/mol. The number of hydrogen-bond donors (Lipinski definition) is 1. The van der Waals surface area contributed by atoms with Gasteiger partial charge in [-0.2, -0.15) is 0 Å². The van der Waals surface area contributed by atoms with E-state index in [0.29, 0.717) is 5.75 Å². The Hall–Kier alpha value is -0.260. The normalized spacial score (nSPS) is 12.3. The fourth-order valence-corrected chi connectivity index (χ4v) is 1.91. The highest BCUT2D eigenvalue weighted by molar-refractivity contribution is 9.11. The zero-order chi connectivity index (χ0) is 11.4. The van der Waals surface area contributed by atoms with E-state index in [1.54, 1.807) is 20.1 Å². The van der Waals surface area contributed by atoms with Gasteiger partial charge in [0, 0.05) is 0 Å². The van der Waals surface area contributed by atoms with E-state index in [2.05, 4.69) is 31.9 Å². The number of ether oxygens (including phenoxy) is 2. The Kier molecular flexibility index (Phi) is 4.89. The van der Waals surface area contributed by atoms with Gasteiger partial charge in [0.1, 0.15) is 18.1 Å². The summed E-state index contributed by atoms with van der Waals surface area (Å²) >= 11 is 6.72. The summed E-state index contributed by atoms with van der Waals surface area (Å²) in [6.07, 6.45) is -0.488. The van der Waals surface area contributed by atoms with Gasteiger partial charge < -0.3 is 14.6 Å². The quantitative estimate of drug-likeness (QED) is 0.916. The van der Waals surface area contributed by atoms with E-state index in [4.69, 9.17) is 14.6 Å². The van der Waals surface area contributed by atoms with Crippen LogP contribution in [0.2, 0.25) is 0 Å². The lowest BCUT2D eigenvalue weighted by atomic mass is 10.3. The van der Waals surface area contributed by atoms with Crippen molar-refractivity contribution in [3.8, 4) is 11.5 Å². The lowest BCUT2D eigenvalue weighted by Gasteiger charge is -2.12. The van der Waals surface area contributed by atoms with Crippen molar-refractivity contribution in [3.63, 3.8) is 0 Å². The summed E-state index contributed by atoms with van der Waals surface area (Å²) in [6, 6.07) is 3.60. The highest BCUT2D eigenvalue weighted by atomic mass is 79.9. The number of aliphatic hydroxyl groups is 1. The predicted octanol–water partition coefficient (Wildman–Crippen LogP) is 2.98. The van der Waals surface area contributed by atoms with Crippen LogP contribution in [0.3, 0.4) is 0 Å². The summed E-state index contributed by atoms with van der Waals surface area (Å²) in [5, 5.41) is 9.10. The summed E-state index contributed by atoms with van der Waals surface area (Å²) in [7, 11) is 1.60. The smallest absolute Gasteiger partial charge is 0.135 e. The Labute approximate surface area is 106 Å². The molecule has 1 N–H and O–H groups in total. The van der Waals surface area contributed by atoms with Crippen LogP contribution in [-0.2, 0) is 0 Å². The molecule has 0 saturated heterocycles. The molecule has 1 aromatic rings. The Morgan fingerprint density at radius 3 is 2.33 bits per heavy atom. The van der Waals surface area contributed by atoms with Gasteiger partial charge in [0.15, 0.2) is 0 Å². The van der Waals surface area contributed by atoms with E-state index >= 15 is 0 Å². The molecule has 15 heavy (non-hydrogen) atoms. The number of aliphatic hydroxyl groups excluding tert-OH is 1.